The zero-order valence-corrected chi connectivity index (χ0v) is 7.47. The van der Waals surface area contributed by atoms with Crippen molar-refractivity contribution in [1.29, 1.82) is 0 Å². The fraction of sp³-hybridized carbons (Fsp3) is 0.875. The molecule has 1 saturated heterocycles. The number of alkyl halides is 3. The van der Waals surface area contributed by atoms with Crippen LogP contribution < -0.4 is 0 Å². The van der Waals surface area contributed by atoms with E-state index >= 15 is 0 Å². The van der Waals surface area contributed by atoms with Crippen LogP contribution in [0.15, 0.2) is 0 Å². The minimum atomic E-state index is -4.61. The number of carbonyl (C=O) groups excluding carboxylic acids is 1. The molecule has 1 aliphatic heterocycles. The Morgan fingerprint density at radius 3 is 2.79 bits per heavy atom. The lowest BCUT2D eigenvalue weighted by Crippen LogP contribution is -2.29. The molecule has 0 saturated carbocycles. The molecular formula is C8H11F3O3. The number of ether oxygens (including phenoxy) is 2. The minimum absolute atomic E-state index is 0.0398. The highest BCUT2D eigenvalue weighted by Crippen LogP contribution is 2.19. The van der Waals surface area contributed by atoms with Gasteiger partial charge in [-0.2, -0.15) is 0 Å². The summed E-state index contributed by atoms with van der Waals surface area (Å²) < 4.78 is 43.3. The van der Waals surface area contributed by atoms with Gasteiger partial charge in [0.1, 0.15) is 5.78 Å². The molecule has 0 amide bonds. The molecule has 0 spiro atoms. The van der Waals surface area contributed by atoms with Crippen LogP contribution in [0, 0.1) is 5.92 Å². The highest BCUT2D eigenvalue weighted by Gasteiger charge is 2.30. The molecule has 0 aromatic rings. The molecule has 3 nitrogen and oxygen atoms in total. The van der Waals surface area contributed by atoms with E-state index in [-0.39, 0.29) is 25.2 Å². The molecule has 1 atom stereocenters. The molecule has 0 bridgehead atoms. The number of ketones is 1. The number of carbonyl (C=O) groups is 1. The second kappa shape index (κ2) is 4.75. The van der Waals surface area contributed by atoms with Crippen LogP contribution in [-0.2, 0) is 14.3 Å². The van der Waals surface area contributed by atoms with Crippen LogP contribution in [0.25, 0.3) is 0 Å². The van der Waals surface area contributed by atoms with Gasteiger partial charge in [0.15, 0.2) is 0 Å². The Hall–Kier alpha value is -0.620. The topological polar surface area (TPSA) is 35.5 Å². The summed E-state index contributed by atoms with van der Waals surface area (Å²) in [6.45, 7) is 0.0960. The van der Waals surface area contributed by atoms with Crippen molar-refractivity contribution in [3.05, 3.63) is 0 Å². The molecule has 1 rings (SSSR count). The van der Waals surface area contributed by atoms with Gasteiger partial charge >= 0.3 is 6.36 Å². The number of rotatable bonds is 3. The molecule has 0 aromatic heterocycles. The van der Waals surface area contributed by atoms with Gasteiger partial charge in [0.25, 0.3) is 0 Å². The molecule has 0 N–H and O–H groups in total. The summed E-state index contributed by atoms with van der Waals surface area (Å²) in [5.41, 5.74) is 0. The van der Waals surface area contributed by atoms with Crippen molar-refractivity contribution in [2.45, 2.75) is 19.2 Å². The Morgan fingerprint density at radius 1 is 1.50 bits per heavy atom. The quantitative estimate of drug-likeness (QED) is 0.711. The molecule has 82 valence electrons. The molecule has 1 unspecified atom stereocenters. The van der Waals surface area contributed by atoms with Gasteiger partial charge in [-0.1, -0.05) is 0 Å². The molecular weight excluding hydrogens is 201 g/mol. The van der Waals surface area contributed by atoms with Crippen LogP contribution in [0.5, 0.6) is 0 Å². The van der Waals surface area contributed by atoms with Crippen molar-refractivity contribution in [1.82, 2.24) is 0 Å². The van der Waals surface area contributed by atoms with E-state index in [0.717, 1.165) is 0 Å². The average molecular weight is 212 g/mol. The van der Waals surface area contributed by atoms with Crippen molar-refractivity contribution >= 4 is 5.78 Å². The van der Waals surface area contributed by atoms with E-state index in [4.69, 9.17) is 4.74 Å². The van der Waals surface area contributed by atoms with Crippen LogP contribution in [0.3, 0.4) is 0 Å². The first-order valence-electron chi connectivity index (χ1n) is 4.30. The third-order valence-corrected chi connectivity index (χ3v) is 2.00. The summed E-state index contributed by atoms with van der Waals surface area (Å²) >= 11 is 0. The highest BCUT2D eigenvalue weighted by molar-refractivity contribution is 5.81. The zero-order valence-electron chi connectivity index (χ0n) is 7.47. The maximum Gasteiger partial charge on any atom is 0.522 e. The lowest BCUT2D eigenvalue weighted by Gasteiger charge is -2.20. The first-order valence-corrected chi connectivity index (χ1v) is 4.30. The van der Waals surface area contributed by atoms with Crippen LogP contribution >= 0.6 is 0 Å². The number of hydrogen-bond acceptors (Lipinski definition) is 3. The number of hydrogen-bond donors (Lipinski definition) is 0. The van der Waals surface area contributed by atoms with Gasteiger partial charge in [-0.05, 0) is 6.42 Å². The smallest absolute Gasteiger partial charge is 0.380 e. The monoisotopic (exact) mass is 212 g/mol. The summed E-state index contributed by atoms with van der Waals surface area (Å²) in [4.78, 5) is 11.1. The van der Waals surface area contributed by atoms with E-state index < -0.39 is 18.9 Å². The molecule has 14 heavy (non-hydrogen) atoms. The van der Waals surface area contributed by atoms with Crippen molar-refractivity contribution in [3.63, 3.8) is 0 Å². The second-order valence-corrected chi connectivity index (χ2v) is 3.07. The maximum atomic E-state index is 11.6. The first-order chi connectivity index (χ1) is 6.49. The molecule has 1 heterocycles. The highest BCUT2D eigenvalue weighted by atomic mass is 19.4. The Balaban J connectivity index is 2.20. The van der Waals surface area contributed by atoms with Crippen molar-refractivity contribution in [2.24, 2.45) is 5.92 Å². The number of Topliss-reactive ketones (excluding diaryl/α,β-unsaturated/α-hetero) is 1. The van der Waals surface area contributed by atoms with Gasteiger partial charge in [-0.3, -0.25) is 9.53 Å². The predicted octanol–water partition coefficient (Wildman–Crippen LogP) is 1.52. The van der Waals surface area contributed by atoms with Crippen molar-refractivity contribution in [3.8, 4) is 0 Å². The minimum Gasteiger partial charge on any atom is -0.380 e. The standard InChI is InChI=1S/C8H11F3O3/c9-8(10,11)14-4-1-6-5-13-3-2-7(6)12/h6H,1-5H2. The Kier molecular flexibility index (Phi) is 3.88. The summed E-state index contributed by atoms with van der Waals surface area (Å²) in [6, 6.07) is 0. The zero-order chi connectivity index (χ0) is 10.6. The van der Waals surface area contributed by atoms with E-state index in [2.05, 4.69) is 4.74 Å². The third kappa shape index (κ3) is 4.06. The van der Waals surface area contributed by atoms with Gasteiger partial charge in [0.05, 0.1) is 19.8 Å². The van der Waals surface area contributed by atoms with E-state index in [0.29, 0.717) is 6.61 Å². The Morgan fingerprint density at radius 2 is 2.21 bits per heavy atom. The van der Waals surface area contributed by atoms with Gasteiger partial charge < -0.3 is 4.74 Å². The second-order valence-electron chi connectivity index (χ2n) is 3.07. The van der Waals surface area contributed by atoms with Crippen LogP contribution in [0.4, 0.5) is 13.2 Å². The first kappa shape index (κ1) is 11.5. The third-order valence-electron chi connectivity index (χ3n) is 2.00. The fourth-order valence-corrected chi connectivity index (χ4v) is 1.26. The van der Waals surface area contributed by atoms with E-state index in [9.17, 15) is 18.0 Å². The normalized spacial score (nSPS) is 23.9. The van der Waals surface area contributed by atoms with Crippen molar-refractivity contribution < 1.29 is 27.4 Å². The molecule has 1 aliphatic rings. The fourth-order valence-electron chi connectivity index (χ4n) is 1.26. The van der Waals surface area contributed by atoms with Gasteiger partial charge in [-0.25, -0.2) is 0 Å². The van der Waals surface area contributed by atoms with Crippen molar-refractivity contribution in [2.75, 3.05) is 19.8 Å². The van der Waals surface area contributed by atoms with Gasteiger partial charge in [-0.15, -0.1) is 13.2 Å². The molecule has 0 aromatic carbocycles. The Bertz CT molecular complexity index is 202. The summed E-state index contributed by atoms with van der Waals surface area (Å²) in [5.74, 6) is -0.479. The van der Waals surface area contributed by atoms with Gasteiger partial charge in [0.2, 0.25) is 0 Å². The van der Waals surface area contributed by atoms with E-state index in [1.54, 1.807) is 0 Å². The predicted molar refractivity (Wildman–Crippen MR) is 40.6 cm³/mol. The van der Waals surface area contributed by atoms with E-state index in [1.165, 1.54) is 0 Å². The van der Waals surface area contributed by atoms with Crippen LogP contribution in [0.2, 0.25) is 0 Å². The molecule has 1 fully saturated rings. The van der Waals surface area contributed by atoms with E-state index in [1.807, 2.05) is 0 Å². The van der Waals surface area contributed by atoms with Gasteiger partial charge in [0, 0.05) is 12.3 Å². The number of halogens is 3. The van der Waals surface area contributed by atoms with Crippen LogP contribution in [0.1, 0.15) is 12.8 Å². The average Bonchev–Trinajstić information content (AvgIpc) is 2.06. The van der Waals surface area contributed by atoms with Crippen LogP contribution in [-0.4, -0.2) is 32.0 Å². The summed E-state index contributed by atoms with van der Waals surface area (Å²) in [5, 5.41) is 0. The largest absolute Gasteiger partial charge is 0.522 e. The Labute approximate surface area is 79.2 Å². The SMILES string of the molecule is O=C1CCOCC1CCOC(F)(F)F. The molecule has 0 aliphatic carbocycles. The molecule has 0 radical (unpaired) electrons. The lowest BCUT2D eigenvalue weighted by molar-refractivity contribution is -0.325. The summed E-state index contributed by atoms with van der Waals surface area (Å²) in [7, 11) is 0. The maximum absolute atomic E-state index is 11.6. The lowest BCUT2D eigenvalue weighted by atomic mass is 9.98. The summed E-state index contributed by atoms with van der Waals surface area (Å²) in [6.07, 6.45) is -4.26. The molecule has 6 heteroatoms.